The Morgan fingerprint density at radius 2 is 1.12 bits per heavy atom. The van der Waals surface area contributed by atoms with Crippen molar-refractivity contribution in [3.63, 3.8) is 0 Å². The Balaban J connectivity index is 3.55. The molecule has 0 amide bonds. The summed E-state index contributed by atoms with van der Waals surface area (Å²) in [7, 11) is 2.91. The summed E-state index contributed by atoms with van der Waals surface area (Å²) in [4.78, 5) is 0. The van der Waals surface area contributed by atoms with Crippen LogP contribution in [0.1, 0.15) is 39.5 Å². The Morgan fingerprint density at radius 1 is 0.760 bits per heavy atom. The lowest BCUT2D eigenvalue weighted by molar-refractivity contribution is -0.175. The van der Waals surface area contributed by atoms with Crippen LogP contribution in [0.2, 0.25) is 0 Å². The molecule has 0 saturated heterocycles. The summed E-state index contributed by atoms with van der Waals surface area (Å²) in [6.07, 6.45) is 1.84. The maximum absolute atomic E-state index is 9.70. The van der Waals surface area contributed by atoms with Gasteiger partial charge in [0, 0.05) is 39.9 Å². The molecule has 0 saturated carbocycles. The molecule has 7 nitrogen and oxygen atoms in total. The fourth-order valence-corrected chi connectivity index (χ4v) is 1.68. The fraction of sp³-hybridized carbons (Fsp3) is 0.778. The normalized spacial score (nSPS) is 15.9. The van der Waals surface area contributed by atoms with E-state index in [-0.39, 0.29) is 0 Å². The lowest BCUT2D eigenvalue weighted by Gasteiger charge is -2.21. The quantitative estimate of drug-likeness (QED) is 0.248. The zero-order valence-corrected chi connectivity index (χ0v) is 16.0. The summed E-state index contributed by atoms with van der Waals surface area (Å²) in [6.45, 7) is 12.3. The first-order chi connectivity index (χ1) is 11.6. The molecule has 0 aromatic heterocycles. The van der Waals surface area contributed by atoms with E-state index < -0.39 is 11.6 Å². The van der Waals surface area contributed by atoms with Crippen LogP contribution in [0.3, 0.4) is 0 Å². The van der Waals surface area contributed by atoms with Gasteiger partial charge in [0.2, 0.25) is 0 Å². The van der Waals surface area contributed by atoms with Gasteiger partial charge in [0.15, 0.2) is 11.6 Å². The van der Waals surface area contributed by atoms with Crippen molar-refractivity contribution in [1.82, 2.24) is 0 Å². The highest BCUT2D eigenvalue weighted by molar-refractivity contribution is 4.85. The van der Waals surface area contributed by atoms with Crippen LogP contribution < -0.4 is 0 Å². The minimum atomic E-state index is -1.17. The highest BCUT2D eigenvalue weighted by Gasteiger charge is 2.19. The number of allylic oxidation sites excluding steroid dienone is 2. The number of ether oxygens (including phenoxy) is 5. The monoisotopic (exact) mass is 362 g/mol. The topological polar surface area (TPSA) is 86.6 Å². The van der Waals surface area contributed by atoms with E-state index in [4.69, 9.17) is 23.7 Å². The molecule has 0 radical (unpaired) electrons. The van der Waals surface area contributed by atoms with Crippen LogP contribution in [0.15, 0.2) is 24.7 Å². The van der Waals surface area contributed by atoms with E-state index in [1.807, 2.05) is 0 Å². The van der Waals surface area contributed by atoms with Gasteiger partial charge in [0.1, 0.15) is 13.2 Å². The molecule has 0 aliphatic heterocycles. The second kappa shape index (κ2) is 12.3. The van der Waals surface area contributed by atoms with Crippen LogP contribution in [-0.2, 0) is 23.7 Å². The molecule has 0 aliphatic rings. The standard InChI is InChI=1S/C18H34O7/c1-15(7-9-17(3,19)21-5)24-13-11-23-12-14-25-16(2)8-10-18(4,20)22-6/h19-20H,1-2,7-14H2,3-6H3. The minimum Gasteiger partial charge on any atom is -0.496 e. The maximum atomic E-state index is 9.70. The third-order valence-electron chi connectivity index (χ3n) is 3.68. The molecule has 0 heterocycles. The molecule has 148 valence electrons. The summed E-state index contributed by atoms with van der Waals surface area (Å²) >= 11 is 0. The van der Waals surface area contributed by atoms with E-state index >= 15 is 0 Å². The lowest BCUT2D eigenvalue weighted by atomic mass is 10.1. The summed E-state index contributed by atoms with van der Waals surface area (Å²) in [5.74, 6) is -1.18. The molecule has 0 spiro atoms. The van der Waals surface area contributed by atoms with Gasteiger partial charge in [-0.25, -0.2) is 0 Å². The molecule has 0 rings (SSSR count). The average Bonchev–Trinajstić information content (AvgIpc) is 2.57. The van der Waals surface area contributed by atoms with Gasteiger partial charge >= 0.3 is 0 Å². The van der Waals surface area contributed by atoms with Crippen molar-refractivity contribution < 1.29 is 33.9 Å². The van der Waals surface area contributed by atoms with Crippen molar-refractivity contribution in [3.8, 4) is 0 Å². The van der Waals surface area contributed by atoms with Gasteiger partial charge in [-0.05, 0) is 13.8 Å². The Morgan fingerprint density at radius 3 is 1.44 bits per heavy atom. The van der Waals surface area contributed by atoms with E-state index in [1.165, 1.54) is 14.2 Å². The molecular formula is C18H34O7. The first-order valence-electron chi connectivity index (χ1n) is 8.36. The van der Waals surface area contributed by atoms with Gasteiger partial charge in [-0.2, -0.15) is 0 Å². The van der Waals surface area contributed by atoms with Crippen LogP contribution in [0.4, 0.5) is 0 Å². The summed E-state index contributed by atoms with van der Waals surface area (Å²) in [5, 5.41) is 19.4. The van der Waals surface area contributed by atoms with Crippen molar-refractivity contribution in [1.29, 1.82) is 0 Å². The predicted molar refractivity (Wildman–Crippen MR) is 94.7 cm³/mol. The van der Waals surface area contributed by atoms with Crippen LogP contribution in [0.5, 0.6) is 0 Å². The van der Waals surface area contributed by atoms with Crippen molar-refractivity contribution >= 4 is 0 Å². The van der Waals surface area contributed by atoms with Gasteiger partial charge in [-0.15, -0.1) is 0 Å². The molecule has 7 heteroatoms. The van der Waals surface area contributed by atoms with Gasteiger partial charge < -0.3 is 33.9 Å². The molecule has 0 aromatic carbocycles. The first-order valence-corrected chi connectivity index (χ1v) is 8.36. The zero-order valence-electron chi connectivity index (χ0n) is 16.0. The van der Waals surface area contributed by atoms with E-state index in [9.17, 15) is 10.2 Å². The van der Waals surface area contributed by atoms with Gasteiger partial charge in [-0.3, -0.25) is 0 Å². The Kier molecular flexibility index (Phi) is 11.7. The molecule has 2 unspecified atom stereocenters. The number of hydrogen-bond acceptors (Lipinski definition) is 7. The van der Waals surface area contributed by atoms with E-state index in [0.29, 0.717) is 63.6 Å². The summed E-state index contributed by atoms with van der Waals surface area (Å²) < 4.78 is 26.0. The van der Waals surface area contributed by atoms with Crippen LogP contribution in [0.25, 0.3) is 0 Å². The van der Waals surface area contributed by atoms with E-state index in [1.54, 1.807) is 13.8 Å². The third kappa shape index (κ3) is 13.8. The van der Waals surface area contributed by atoms with E-state index in [0.717, 1.165) is 0 Å². The van der Waals surface area contributed by atoms with Gasteiger partial charge in [-0.1, -0.05) is 13.2 Å². The first kappa shape index (κ1) is 23.9. The summed E-state index contributed by atoms with van der Waals surface area (Å²) in [5.41, 5.74) is 0. The Bertz CT molecular complexity index is 355. The molecule has 0 fully saturated rings. The second-order valence-corrected chi connectivity index (χ2v) is 6.14. The highest BCUT2D eigenvalue weighted by atomic mass is 16.6. The Labute approximate surface area is 151 Å². The lowest BCUT2D eigenvalue weighted by Crippen LogP contribution is -2.26. The molecule has 0 aliphatic carbocycles. The second-order valence-electron chi connectivity index (χ2n) is 6.14. The molecule has 0 aromatic rings. The summed E-state index contributed by atoms with van der Waals surface area (Å²) in [6, 6.07) is 0. The largest absolute Gasteiger partial charge is 0.496 e. The van der Waals surface area contributed by atoms with Crippen molar-refractivity contribution in [3.05, 3.63) is 24.7 Å². The zero-order chi connectivity index (χ0) is 19.3. The average molecular weight is 362 g/mol. The van der Waals surface area contributed by atoms with Crippen LogP contribution >= 0.6 is 0 Å². The SMILES string of the molecule is C=C(CCC(C)(O)OC)OCCOCCOC(=C)CCC(C)(O)OC. The Hall–Kier alpha value is -1.12. The number of methoxy groups -OCH3 is 2. The van der Waals surface area contributed by atoms with E-state index in [2.05, 4.69) is 13.2 Å². The third-order valence-corrected chi connectivity index (χ3v) is 3.68. The predicted octanol–water partition coefficient (Wildman–Crippen LogP) is 2.33. The molecular weight excluding hydrogens is 328 g/mol. The number of aliphatic hydroxyl groups is 2. The van der Waals surface area contributed by atoms with Crippen molar-refractivity contribution in [2.24, 2.45) is 0 Å². The van der Waals surface area contributed by atoms with Crippen LogP contribution in [0, 0.1) is 0 Å². The molecule has 2 atom stereocenters. The van der Waals surface area contributed by atoms with Crippen LogP contribution in [-0.4, -0.2) is 62.4 Å². The molecule has 0 bridgehead atoms. The minimum absolute atomic E-state index is 0.381. The van der Waals surface area contributed by atoms with Crippen molar-refractivity contribution in [2.45, 2.75) is 51.1 Å². The number of rotatable bonds is 16. The number of hydrogen-bond donors (Lipinski definition) is 2. The van der Waals surface area contributed by atoms with Gasteiger partial charge in [0.25, 0.3) is 0 Å². The highest BCUT2D eigenvalue weighted by Crippen LogP contribution is 2.17. The van der Waals surface area contributed by atoms with Gasteiger partial charge in [0.05, 0.1) is 24.7 Å². The molecule has 2 N–H and O–H groups in total. The fourth-order valence-electron chi connectivity index (χ4n) is 1.68. The smallest absolute Gasteiger partial charge is 0.162 e. The maximum Gasteiger partial charge on any atom is 0.162 e. The van der Waals surface area contributed by atoms with Crippen molar-refractivity contribution in [2.75, 3.05) is 40.6 Å². The molecule has 25 heavy (non-hydrogen) atoms.